The van der Waals surface area contributed by atoms with E-state index >= 15 is 0 Å². The Labute approximate surface area is 133 Å². The first-order valence-corrected chi connectivity index (χ1v) is 5.46. The summed E-state index contributed by atoms with van der Waals surface area (Å²) in [5.41, 5.74) is 0. The van der Waals surface area contributed by atoms with Gasteiger partial charge in [-0.25, -0.2) is 0 Å². The second kappa shape index (κ2) is 11.1. The fourth-order valence-corrected chi connectivity index (χ4v) is 1.45. The zero-order valence-corrected chi connectivity index (χ0v) is 13.4. The third-order valence-electron chi connectivity index (χ3n) is 2.15. The Morgan fingerprint density at radius 1 is 0.714 bits per heavy atom. The van der Waals surface area contributed by atoms with Crippen LogP contribution in [0, 0.1) is 0 Å². The molecule has 0 saturated heterocycles. The molecule has 0 aliphatic carbocycles. The van der Waals surface area contributed by atoms with Gasteiger partial charge in [-0.05, 0) is 0 Å². The fourth-order valence-electron chi connectivity index (χ4n) is 1.45. The molecule has 10 nitrogen and oxygen atoms in total. The number of nitrogens with zero attached hydrogens (tertiary/aromatic N) is 2. The first kappa shape index (κ1) is 21.7. The first-order valence-electron chi connectivity index (χ1n) is 5.46. The van der Waals surface area contributed by atoms with Gasteiger partial charge in [0.15, 0.2) is 0 Å². The van der Waals surface area contributed by atoms with Gasteiger partial charge in [0.05, 0.1) is 24.5 Å². The van der Waals surface area contributed by atoms with E-state index in [2.05, 4.69) is 0 Å². The van der Waals surface area contributed by atoms with Gasteiger partial charge in [-0.1, -0.05) is 0 Å². The predicted octanol–water partition coefficient (Wildman–Crippen LogP) is -6.46. The van der Waals surface area contributed by atoms with Crippen LogP contribution in [0.1, 0.15) is 0 Å². The van der Waals surface area contributed by atoms with Gasteiger partial charge in [0, 0.05) is 32.7 Å². The van der Waals surface area contributed by atoms with Crippen molar-refractivity contribution in [3.8, 4) is 0 Å². The topological polar surface area (TPSA) is 164 Å². The molecule has 114 valence electrons. The van der Waals surface area contributed by atoms with E-state index in [0.29, 0.717) is 0 Å². The van der Waals surface area contributed by atoms with E-state index in [-0.39, 0.29) is 32.9 Å². The Hall–Kier alpha value is -1.56. The Bertz CT molecular complexity index is 321. The minimum atomic E-state index is -1.52. The molecule has 0 amide bonds. The molecule has 0 heterocycles. The molecule has 0 spiro atoms. The van der Waals surface area contributed by atoms with E-state index in [4.69, 9.17) is 5.11 Å². The zero-order chi connectivity index (χ0) is 15.7. The molecule has 0 saturated carbocycles. The summed E-state index contributed by atoms with van der Waals surface area (Å²) in [6.45, 7) is -3.00. The van der Waals surface area contributed by atoms with Crippen LogP contribution >= 0.6 is 0 Å². The second-order valence-corrected chi connectivity index (χ2v) is 3.93. The van der Waals surface area contributed by atoms with Gasteiger partial charge in [0.25, 0.3) is 0 Å². The van der Waals surface area contributed by atoms with Crippen LogP contribution in [0.4, 0.5) is 0 Å². The Morgan fingerprint density at radius 3 is 1.24 bits per heavy atom. The molecule has 0 unspecified atom stereocenters. The smallest absolute Gasteiger partial charge is 0.549 e. The van der Waals surface area contributed by atoms with Crippen LogP contribution in [-0.2, 0) is 19.2 Å². The molecular weight excluding hydrogens is 346 g/mol. The van der Waals surface area contributed by atoms with Gasteiger partial charge >= 0.3 is 25.8 Å². The molecular formula is C10H13GaN2O8. The summed E-state index contributed by atoms with van der Waals surface area (Å²) in [5.74, 6) is -5.82. The van der Waals surface area contributed by atoms with Crippen LogP contribution in [0.15, 0.2) is 0 Å². The number of carboxylic acid groups (broad SMARTS) is 4. The average molecular weight is 359 g/mol. The number of hydrogen-bond acceptors (Lipinski definition) is 9. The van der Waals surface area contributed by atoms with Crippen LogP contribution < -0.4 is 15.3 Å². The third kappa shape index (κ3) is 13.2. The Kier molecular flexibility index (Phi) is 11.5. The van der Waals surface area contributed by atoms with Gasteiger partial charge in [0.2, 0.25) is 0 Å². The summed E-state index contributed by atoms with van der Waals surface area (Å²) >= 11 is 0. The number of hydrogen-bond donors (Lipinski definition) is 1. The summed E-state index contributed by atoms with van der Waals surface area (Å²) in [5, 5.41) is 39.8. The third-order valence-corrected chi connectivity index (χ3v) is 2.15. The maximum atomic E-state index is 10.5. The Morgan fingerprint density at radius 2 is 1.00 bits per heavy atom. The molecule has 11 heteroatoms. The number of carboxylic acids is 4. The van der Waals surface area contributed by atoms with Crippen molar-refractivity contribution in [1.82, 2.24) is 9.80 Å². The minimum absolute atomic E-state index is 0. The largest absolute Gasteiger partial charge is 3.00 e. The number of carbonyl (C=O) groups excluding carboxylic acids is 3. The maximum Gasteiger partial charge on any atom is 3.00 e. The maximum absolute atomic E-state index is 10.5. The van der Waals surface area contributed by atoms with Crippen LogP contribution in [0.25, 0.3) is 0 Å². The predicted molar refractivity (Wildman–Crippen MR) is 61.3 cm³/mol. The van der Waals surface area contributed by atoms with Crippen LogP contribution in [0.3, 0.4) is 0 Å². The van der Waals surface area contributed by atoms with E-state index in [9.17, 15) is 34.5 Å². The molecule has 0 aromatic carbocycles. The monoisotopic (exact) mass is 358 g/mol. The van der Waals surface area contributed by atoms with Crippen molar-refractivity contribution < 1.29 is 39.6 Å². The van der Waals surface area contributed by atoms with Crippen molar-refractivity contribution in [2.45, 2.75) is 0 Å². The number of carbonyl (C=O) groups is 4. The average Bonchev–Trinajstić information content (AvgIpc) is 2.22. The van der Waals surface area contributed by atoms with Gasteiger partial charge < -0.3 is 34.8 Å². The normalized spacial score (nSPS) is 10.2. The van der Waals surface area contributed by atoms with E-state index in [1.807, 2.05) is 0 Å². The van der Waals surface area contributed by atoms with E-state index in [1.165, 1.54) is 0 Å². The van der Waals surface area contributed by atoms with Crippen molar-refractivity contribution in [2.24, 2.45) is 0 Å². The molecule has 0 radical (unpaired) electrons. The minimum Gasteiger partial charge on any atom is -0.549 e. The van der Waals surface area contributed by atoms with Gasteiger partial charge in [-0.15, -0.1) is 0 Å². The van der Waals surface area contributed by atoms with Crippen molar-refractivity contribution in [3.05, 3.63) is 0 Å². The van der Waals surface area contributed by atoms with Gasteiger partial charge in [-0.2, -0.15) is 0 Å². The molecule has 0 aliphatic heterocycles. The second-order valence-electron chi connectivity index (χ2n) is 3.93. The summed E-state index contributed by atoms with van der Waals surface area (Å²) in [7, 11) is 0. The molecule has 0 atom stereocenters. The standard InChI is InChI=1S/C10H16N2O8.Ga/c13-7(14)3-11(4-8(15)16)1-2-12(5-9(17)18)6-10(19)20;/h1-6H2,(H,13,14)(H,15,16)(H,17,18)(H,19,20);/q;+3/p-3. The van der Waals surface area contributed by atoms with Crippen LogP contribution in [0.2, 0.25) is 0 Å². The van der Waals surface area contributed by atoms with Crippen LogP contribution in [0.5, 0.6) is 0 Å². The molecule has 0 aliphatic rings. The van der Waals surface area contributed by atoms with Crippen molar-refractivity contribution >= 4 is 43.7 Å². The molecule has 0 rings (SSSR count). The summed E-state index contributed by atoms with van der Waals surface area (Å²) < 4.78 is 0. The number of aliphatic carboxylic acids is 4. The Balaban J connectivity index is 0. The van der Waals surface area contributed by atoms with Gasteiger partial charge in [0.1, 0.15) is 0 Å². The van der Waals surface area contributed by atoms with E-state index in [1.54, 1.807) is 0 Å². The van der Waals surface area contributed by atoms with Crippen molar-refractivity contribution in [1.29, 1.82) is 0 Å². The zero-order valence-electron chi connectivity index (χ0n) is 11.0. The van der Waals surface area contributed by atoms with Crippen LogP contribution in [-0.4, -0.2) is 97.8 Å². The van der Waals surface area contributed by atoms with E-state index in [0.717, 1.165) is 9.80 Å². The van der Waals surface area contributed by atoms with Crippen molar-refractivity contribution in [3.63, 3.8) is 0 Å². The summed E-state index contributed by atoms with van der Waals surface area (Å²) in [6.07, 6.45) is 0. The SMILES string of the molecule is O=C([O-])CN(CCN(CC(=O)[O-])CC(=O)O)CC(=O)[O-].[Ga+3]. The molecule has 21 heavy (non-hydrogen) atoms. The molecule has 0 fully saturated rings. The summed E-state index contributed by atoms with van der Waals surface area (Å²) in [4.78, 5) is 43.7. The van der Waals surface area contributed by atoms with Crippen molar-refractivity contribution in [2.75, 3.05) is 39.3 Å². The number of rotatable bonds is 11. The van der Waals surface area contributed by atoms with Gasteiger partial charge in [-0.3, -0.25) is 14.6 Å². The molecule has 0 bridgehead atoms. The fraction of sp³-hybridized carbons (Fsp3) is 0.600. The molecule has 0 aromatic heterocycles. The summed E-state index contributed by atoms with van der Waals surface area (Å²) in [6, 6.07) is 0. The molecule has 0 aromatic rings. The molecule has 1 N–H and O–H groups in total. The quantitative estimate of drug-likeness (QED) is 0.351. The first-order chi connectivity index (χ1) is 9.20. The van der Waals surface area contributed by atoms with E-state index < -0.39 is 50.1 Å².